The third kappa shape index (κ3) is 1.21. The molecule has 0 aliphatic rings. The van der Waals surface area contributed by atoms with Crippen LogP contribution in [0.4, 0.5) is 0 Å². The summed E-state index contributed by atoms with van der Waals surface area (Å²) in [6.07, 6.45) is 1.43. The van der Waals surface area contributed by atoms with Crippen molar-refractivity contribution < 1.29 is 14.3 Å². The first-order chi connectivity index (χ1) is 6.61. The van der Waals surface area contributed by atoms with Gasteiger partial charge >= 0.3 is 5.97 Å². The Labute approximate surface area is 87.7 Å². The number of aryl methyl sites for hydroxylation is 1. The van der Waals surface area contributed by atoms with E-state index < -0.39 is 5.97 Å². The van der Waals surface area contributed by atoms with E-state index >= 15 is 0 Å². The second kappa shape index (κ2) is 3.09. The van der Waals surface area contributed by atoms with Gasteiger partial charge in [-0.15, -0.1) is 0 Å². The highest BCUT2D eigenvalue weighted by atomic mass is 79.9. The molecule has 0 bridgehead atoms. The number of nitrogens with zero attached hydrogens (tertiary/aromatic N) is 1. The average Bonchev–Trinajstić information content (AvgIpc) is 2.52. The predicted octanol–water partition coefficient (Wildman–Crippen LogP) is 2.60. The van der Waals surface area contributed by atoms with Gasteiger partial charge in [0.25, 0.3) is 0 Å². The first kappa shape index (κ1) is 9.21. The molecule has 0 aromatic carbocycles. The second-order valence-corrected chi connectivity index (χ2v) is 3.62. The summed E-state index contributed by atoms with van der Waals surface area (Å²) >= 11 is 3.20. The maximum Gasteiger partial charge on any atom is 0.337 e. The lowest BCUT2D eigenvalue weighted by Crippen LogP contribution is -2.01. The van der Waals surface area contributed by atoms with E-state index in [1.165, 1.54) is 6.26 Å². The lowest BCUT2D eigenvalue weighted by atomic mass is 10.1. The van der Waals surface area contributed by atoms with Crippen LogP contribution in [-0.2, 0) is 0 Å². The van der Waals surface area contributed by atoms with Gasteiger partial charge in [0.15, 0.2) is 0 Å². The van der Waals surface area contributed by atoms with Crippen molar-refractivity contribution in [1.82, 2.24) is 4.98 Å². The summed E-state index contributed by atoms with van der Waals surface area (Å²) < 4.78 is 5.55. The third-order valence-corrected chi connectivity index (χ3v) is 2.90. The summed E-state index contributed by atoms with van der Waals surface area (Å²) in [6, 6.07) is 1.59. The van der Waals surface area contributed by atoms with Gasteiger partial charge < -0.3 is 9.52 Å². The molecular weight excluding hydrogens is 250 g/mol. The number of carboxylic acids is 1. The Morgan fingerprint density at radius 2 is 2.36 bits per heavy atom. The summed E-state index contributed by atoms with van der Waals surface area (Å²) in [4.78, 5) is 15.1. The molecule has 0 radical (unpaired) electrons. The molecule has 0 spiro atoms. The number of halogens is 1. The second-order valence-electron chi connectivity index (χ2n) is 2.83. The lowest BCUT2D eigenvalue weighted by molar-refractivity contribution is 0.0698. The van der Waals surface area contributed by atoms with Crippen molar-refractivity contribution in [2.24, 2.45) is 0 Å². The Kier molecular flexibility index (Phi) is 2.03. The van der Waals surface area contributed by atoms with E-state index in [0.717, 1.165) is 0 Å². The molecule has 2 aromatic rings. The molecule has 0 amide bonds. The van der Waals surface area contributed by atoms with Crippen LogP contribution in [0, 0.1) is 6.92 Å². The van der Waals surface area contributed by atoms with E-state index in [4.69, 9.17) is 9.52 Å². The van der Waals surface area contributed by atoms with Gasteiger partial charge in [-0.3, -0.25) is 0 Å². The summed E-state index contributed by atoms with van der Waals surface area (Å²) in [6.45, 7) is 1.72. The zero-order chi connectivity index (χ0) is 10.3. The molecule has 0 aliphatic carbocycles. The molecule has 72 valence electrons. The van der Waals surface area contributed by atoms with Gasteiger partial charge in [-0.1, -0.05) is 0 Å². The van der Waals surface area contributed by atoms with Gasteiger partial charge in [0.1, 0.15) is 0 Å². The van der Waals surface area contributed by atoms with Gasteiger partial charge in [0.2, 0.25) is 5.71 Å². The number of furan rings is 1. The topological polar surface area (TPSA) is 63.3 Å². The Morgan fingerprint density at radius 3 is 3.00 bits per heavy atom. The number of aromatic carboxylic acids is 1. The molecule has 0 saturated heterocycles. The maximum atomic E-state index is 11.0. The molecule has 0 atom stereocenters. The van der Waals surface area contributed by atoms with Crippen molar-refractivity contribution >= 4 is 33.0 Å². The number of carboxylic acid groups (broad SMARTS) is 1. The van der Waals surface area contributed by atoms with Crippen LogP contribution in [0.2, 0.25) is 0 Å². The molecule has 0 saturated carbocycles. The van der Waals surface area contributed by atoms with Crippen LogP contribution in [0.3, 0.4) is 0 Å². The van der Waals surface area contributed by atoms with Crippen molar-refractivity contribution in [1.29, 1.82) is 0 Å². The number of fused-ring (bicyclic) bond motifs is 1. The van der Waals surface area contributed by atoms with Gasteiger partial charge in [-0.05, 0) is 28.9 Å². The lowest BCUT2D eigenvalue weighted by Gasteiger charge is -2.02. The van der Waals surface area contributed by atoms with Crippen LogP contribution in [0.25, 0.3) is 11.1 Å². The van der Waals surface area contributed by atoms with Crippen LogP contribution in [0.15, 0.2) is 21.2 Å². The Balaban J connectivity index is 2.93. The molecule has 2 heterocycles. The van der Waals surface area contributed by atoms with Crippen molar-refractivity contribution in [3.05, 3.63) is 28.1 Å². The van der Waals surface area contributed by atoms with Gasteiger partial charge in [-0.25, -0.2) is 9.78 Å². The molecule has 0 aliphatic heterocycles. The first-order valence-electron chi connectivity index (χ1n) is 3.88. The van der Waals surface area contributed by atoms with Gasteiger partial charge in [0.05, 0.1) is 27.4 Å². The number of aromatic nitrogens is 1. The van der Waals surface area contributed by atoms with E-state index in [1.807, 2.05) is 0 Å². The molecule has 4 nitrogen and oxygen atoms in total. The Morgan fingerprint density at radius 1 is 1.64 bits per heavy atom. The minimum atomic E-state index is -0.992. The number of carbonyl (C=O) groups is 1. The van der Waals surface area contributed by atoms with Crippen molar-refractivity contribution in [3.8, 4) is 0 Å². The average molecular weight is 256 g/mol. The molecule has 5 heteroatoms. The van der Waals surface area contributed by atoms with Crippen LogP contribution < -0.4 is 0 Å². The van der Waals surface area contributed by atoms with Crippen molar-refractivity contribution in [3.63, 3.8) is 0 Å². The minimum absolute atomic E-state index is 0.196. The largest absolute Gasteiger partial charge is 0.478 e. The van der Waals surface area contributed by atoms with E-state index in [-0.39, 0.29) is 5.56 Å². The van der Waals surface area contributed by atoms with Crippen molar-refractivity contribution in [2.45, 2.75) is 6.92 Å². The number of hydrogen-bond donors (Lipinski definition) is 1. The third-order valence-electron chi connectivity index (χ3n) is 1.93. The van der Waals surface area contributed by atoms with Crippen LogP contribution in [0.1, 0.15) is 16.1 Å². The highest BCUT2D eigenvalue weighted by molar-refractivity contribution is 9.10. The van der Waals surface area contributed by atoms with Crippen molar-refractivity contribution in [2.75, 3.05) is 0 Å². The first-order valence-corrected chi connectivity index (χ1v) is 4.67. The molecule has 1 N–H and O–H groups in total. The number of rotatable bonds is 1. The maximum absolute atomic E-state index is 11.0. The highest BCUT2D eigenvalue weighted by Crippen LogP contribution is 2.28. The monoisotopic (exact) mass is 255 g/mol. The Bertz CT molecular complexity index is 518. The highest BCUT2D eigenvalue weighted by Gasteiger charge is 2.17. The zero-order valence-electron chi connectivity index (χ0n) is 7.24. The molecule has 2 rings (SSSR count). The summed E-state index contributed by atoms with van der Waals surface area (Å²) in [5.41, 5.74) is 1.15. The molecule has 0 unspecified atom stereocenters. The summed E-state index contributed by atoms with van der Waals surface area (Å²) in [5, 5.41) is 9.52. The number of pyridine rings is 1. The minimum Gasteiger partial charge on any atom is -0.478 e. The smallest absolute Gasteiger partial charge is 0.337 e. The normalized spacial score (nSPS) is 10.7. The quantitative estimate of drug-likeness (QED) is 0.851. The molecule has 14 heavy (non-hydrogen) atoms. The van der Waals surface area contributed by atoms with E-state index in [2.05, 4.69) is 20.9 Å². The van der Waals surface area contributed by atoms with Gasteiger partial charge in [0, 0.05) is 0 Å². The van der Waals surface area contributed by atoms with E-state index in [9.17, 15) is 4.79 Å². The molecule has 2 aromatic heterocycles. The SMILES string of the molecule is Cc1nc2occc2c(C(=O)O)c1Br. The fourth-order valence-corrected chi connectivity index (χ4v) is 1.76. The van der Waals surface area contributed by atoms with Crippen LogP contribution >= 0.6 is 15.9 Å². The fourth-order valence-electron chi connectivity index (χ4n) is 1.29. The zero-order valence-corrected chi connectivity index (χ0v) is 8.83. The Hall–Kier alpha value is -1.36. The van der Waals surface area contributed by atoms with Gasteiger partial charge in [-0.2, -0.15) is 0 Å². The molecule has 0 fully saturated rings. The predicted molar refractivity (Wildman–Crippen MR) is 53.4 cm³/mol. The molecular formula is C9H6BrNO3. The number of hydrogen-bond acceptors (Lipinski definition) is 3. The van der Waals surface area contributed by atoms with E-state index in [0.29, 0.717) is 21.3 Å². The summed E-state index contributed by atoms with van der Waals surface area (Å²) in [5.74, 6) is -0.992. The fraction of sp³-hybridized carbons (Fsp3) is 0.111. The van der Waals surface area contributed by atoms with E-state index in [1.54, 1.807) is 13.0 Å². The summed E-state index contributed by atoms with van der Waals surface area (Å²) in [7, 11) is 0. The van der Waals surface area contributed by atoms with Crippen LogP contribution in [0.5, 0.6) is 0 Å². The standard InChI is InChI=1S/C9H6BrNO3/c1-4-7(10)6(9(12)13)5-2-3-14-8(5)11-4/h2-3H,1H3,(H,12,13). The van der Waals surface area contributed by atoms with Crippen LogP contribution in [-0.4, -0.2) is 16.1 Å².